The summed E-state index contributed by atoms with van der Waals surface area (Å²) in [6.45, 7) is 0. The van der Waals surface area contributed by atoms with Crippen molar-refractivity contribution in [3.8, 4) is 0 Å². The van der Waals surface area contributed by atoms with Crippen LogP contribution in [0.25, 0.3) is 0 Å². The van der Waals surface area contributed by atoms with E-state index in [0.717, 1.165) is 0 Å². The van der Waals surface area contributed by atoms with Gasteiger partial charge in [0.1, 0.15) is 0 Å². The van der Waals surface area contributed by atoms with E-state index in [0.29, 0.717) is 0 Å². The van der Waals surface area contributed by atoms with Gasteiger partial charge in [0, 0.05) is 0 Å². The molecule has 160 valence electrons. The molecule has 0 rings (SSSR count). The third-order valence-electron chi connectivity index (χ3n) is 0. The zero-order valence-electron chi connectivity index (χ0n) is 11.1. The van der Waals surface area contributed by atoms with E-state index in [1.165, 1.54) is 0 Å². The van der Waals surface area contributed by atoms with Gasteiger partial charge in [-0.3, -0.25) is 21.0 Å². The SMILES string of the molecule is O=S([O-])([O-])=S.O=S([O-])([O-])=S.O=S([O-])([O-])=S.O=S([O-])([O-])=S.O=S([O-])([O-])=S.[V+5].[V+5]. The Labute approximate surface area is 202 Å². The Morgan fingerprint density at radius 1 is 0.333 bits per heavy atom. The first kappa shape index (κ1) is 47.4. The fourth-order valence-electron chi connectivity index (χ4n) is 0. The minimum Gasteiger partial charge on any atom is -0.780 e. The van der Waals surface area contributed by atoms with Crippen molar-refractivity contribution in [3.05, 3.63) is 0 Å². The van der Waals surface area contributed by atoms with Crippen molar-refractivity contribution in [2.24, 2.45) is 0 Å². The van der Waals surface area contributed by atoms with Crippen LogP contribution in [0.3, 0.4) is 0 Å². The fourth-order valence-corrected chi connectivity index (χ4v) is 0. The molecule has 0 unspecified atom stereocenters. The van der Waals surface area contributed by atoms with Gasteiger partial charge < -0.3 is 45.5 Å². The van der Waals surface area contributed by atoms with Gasteiger partial charge >= 0.3 is 37.1 Å². The summed E-state index contributed by atoms with van der Waals surface area (Å²) >= 11 is 16.2. The summed E-state index contributed by atoms with van der Waals surface area (Å²) in [6, 6.07) is 0. The Morgan fingerprint density at radius 2 is 0.333 bits per heavy atom. The first-order chi connectivity index (χ1) is 10.0. The molecule has 0 heterocycles. The van der Waals surface area contributed by atoms with Crippen LogP contribution >= 0.6 is 0 Å². The second-order valence-corrected chi connectivity index (χ2v) is 12.2. The Bertz CT molecular complexity index is 625. The molecule has 0 fully saturated rings. The van der Waals surface area contributed by atoms with Crippen LogP contribution in [-0.4, -0.2) is 66.6 Å². The van der Waals surface area contributed by atoms with Crippen molar-refractivity contribution in [2.45, 2.75) is 0 Å². The van der Waals surface area contributed by atoms with Crippen LogP contribution in [0.15, 0.2) is 0 Å². The fraction of sp³-hybridized carbons (Fsp3) is 0. The molecule has 0 bridgehead atoms. The Hall–Kier alpha value is 2.62. The van der Waals surface area contributed by atoms with Gasteiger partial charge in [0.05, 0.1) is 0 Å². The van der Waals surface area contributed by atoms with Crippen molar-refractivity contribution in [1.82, 2.24) is 0 Å². The maximum atomic E-state index is 8.89. The average Bonchev–Trinajstić information content (AvgIpc) is 1.79. The topological polar surface area (TPSA) is 316 Å². The van der Waals surface area contributed by atoms with E-state index in [1.807, 2.05) is 0 Å². The molecule has 0 saturated heterocycles. The van der Waals surface area contributed by atoms with Crippen molar-refractivity contribution in [1.29, 1.82) is 0 Å². The van der Waals surface area contributed by atoms with Gasteiger partial charge in [-0.05, 0) is 55.9 Å². The summed E-state index contributed by atoms with van der Waals surface area (Å²) in [5.41, 5.74) is 0. The molecular formula is O15S10V2. The number of rotatable bonds is 0. The summed E-state index contributed by atoms with van der Waals surface area (Å²) in [5.74, 6) is 0. The summed E-state index contributed by atoms with van der Waals surface area (Å²) in [7, 11) is -21.7. The molecule has 0 aromatic carbocycles. The Morgan fingerprint density at radius 3 is 0.333 bits per heavy atom. The molecule has 15 nitrogen and oxygen atoms in total. The Kier molecular flexibility index (Phi) is 36.0. The molecule has 0 amide bonds. The van der Waals surface area contributed by atoms with E-state index in [1.54, 1.807) is 0 Å². The molecule has 27 heavy (non-hydrogen) atoms. The molecule has 0 spiro atoms. The van der Waals surface area contributed by atoms with Crippen LogP contribution < -0.4 is 0 Å². The predicted octanol–water partition coefficient (Wildman–Crippen LogP) is -5.04. The maximum absolute atomic E-state index is 8.89. The van der Waals surface area contributed by atoms with Crippen molar-refractivity contribution in [3.63, 3.8) is 0 Å². The third-order valence-corrected chi connectivity index (χ3v) is 0. The molecule has 0 aliphatic rings. The second kappa shape index (κ2) is 20.5. The van der Waals surface area contributed by atoms with Crippen LogP contribution in [0.2, 0.25) is 0 Å². The number of hydrogen-bond acceptors (Lipinski definition) is 20. The van der Waals surface area contributed by atoms with Crippen LogP contribution in [0.1, 0.15) is 0 Å². The molecule has 0 aliphatic heterocycles. The van der Waals surface area contributed by atoms with Gasteiger partial charge in [-0.25, -0.2) is 0 Å². The maximum Gasteiger partial charge on any atom is 5.00 e. The van der Waals surface area contributed by atoms with Crippen LogP contribution in [0.5, 0.6) is 0 Å². The van der Waals surface area contributed by atoms with Crippen LogP contribution in [0.4, 0.5) is 0 Å². The molecule has 0 aromatic heterocycles. The minimum absolute atomic E-state index is 0. The molecule has 0 aromatic rings. The molecule has 0 aliphatic carbocycles. The van der Waals surface area contributed by atoms with Crippen LogP contribution in [0, 0.1) is 0 Å². The van der Waals surface area contributed by atoms with E-state index in [-0.39, 0.29) is 37.1 Å². The second-order valence-electron chi connectivity index (χ2n) is 2.04. The van der Waals surface area contributed by atoms with Crippen molar-refractivity contribution in [2.75, 3.05) is 0 Å². The summed E-state index contributed by atoms with van der Waals surface area (Å²) in [5, 5.41) is 0. The molecular weight excluding hydrogens is 663 g/mol. The molecule has 0 N–H and O–H groups in total. The van der Waals surface area contributed by atoms with Crippen molar-refractivity contribution < 1.29 is 104 Å². The average molecular weight is 663 g/mol. The van der Waals surface area contributed by atoms with Gasteiger partial charge in [-0.15, -0.1) is 45.3 Å². The molecule has 0 radical (unpaired) electrons. The Balaban J connectivity index is -0.0000000364. The normalized spacial score (nSPS) is 10.7. The quantitative estimate of drug-likeness (QED) is 0.234. The smallest absolute Gasteiger partial charge is 0.780 e. The third kappa shape index (κ3) is 2960. The van der Waals surface area contributed by atoms with E-state index in [9.17, 15) is 0 Å². The predicted molar refractivity (Wildman–Crippen MR) is 85.3 cm³/mol. The molecule has 27 heteroatoms. The largest absolute Gasteiger partial charge is 5.00 e. The zero-order valence-corrected chi connectivity index (χ0v) is 22.1. The van der Waals surface area contributed by atoms with Crippen LogP contribution in [-0.2, 0) is 138 Å². The summed E-state index contributed by atoms with van der Waals surface area (Å²) in [6.07, 6.45) is 0. The van der Waals surface area contributed by atoms with Gasteiger partial charge in [0.15, 0.2) is 0 Å². The van der Waals surface area contributed by atoms with Gasteiger partial charge in [0.25, 0.3) is 0 Å². The molecule has 0 saturated carbocycles. The van der Waals surface area contributed by atoms with Gasteiger partial charge in [-0.1, -0.05) is 0 Å². The first-order valence-corrected chi connectivity index (χ1v) is 15.0. The standard InChI is InChI=1S/5H2O3S2.2V/c5*1-5(2,3)4;;/h5*(H2,1,2,3,4);;/q;;;;;2*+5/p-10. The van der Waals surface area contributed by atoms with Gasteiger partial charge in [0.2, 0.25) is 0 Å². The first-order valence-electron chi connectivity index (χ1n) is 3.33. The van der Waals surface area contributed by atoms with Crippen molar-refractivity contribution >= 4 is 101 Å². The van der Waals surface area contributed by atoms with E-state index < -0.39 is 45.3 Å². The minimum atomic E-state index is -4.33. The monoisotopic (exact) mass is 662 g/mol. The molecule has 0 atom stereocenters. The zero-order chi connectivity index (χ0) is 22.5. The van der Waals surface area contributed by atoms with E-state index >= 15 is 0 Å². The van der Waals surface area contributed by atoms with E-state index in [2.05, 4.69) is 55.9 Å². The summed E-state index contributed by atoms with van der Waals surface area (Å²) in [4.78, 5) is 0. The number of hydrogen-bond donors (Lipinski definition) is 0. The van der Waals surface area contributed by atoms with E-state index in [4.69, 9.17) is 66.6 Å². The summed E-state index contributed by atoms with van der Waals surface area (Å²) < 4.78 is 133. The van der Waals surface area contributed by atoms with Gasteiger partial charge in [-0.2, -0.15) is 0 Å².